The van der Waals surface area contributed by atoms with Crippen LogP contribution >= 0.6 is 0 Å². The lowest BCUT2D eigenvalue weighted by Crippen LogP contribution is -2.16. The number of alkyl halides is 3. The molecule has 0 bridgehead atoms. The van der Waals surface area contributed by atoms with Gasteiger partial charge in [-0.3, -0.25) is 4.79 Å². The quantitative estimate of drug-likeness (QED) is 0.589. The van der Waals surface area contributed by atoms with Crippen molar-refractivity contribution in [3.63, 3.8) is 0 Å². The van der Waals surface area contributed by atoms with E-state index >= 15 is 0 Å². The van der Waals surface area contributed by atoms with Gasteiger partial charge in [0.15, 0.2) is 9.84 Å². The van der Waals surface area contributed by atoms with Crippen molar-refractivity contribution in [1.82, 2.24) is 0 Å². The summed E-state index contributed by atoms with van der Waals surface area (Å²) in [5.41, 5.74) is 0.222. The van der Waals surface area contributed by atoms with Gasteiger partial charge in [-0.25, -0.2) is 12.8 Å². The number of anilines is 1. The number of hydrogen-bond donors (Lipinski definition) is 1. The van der Waals surface area contributed by atoms with Gasteiger partial charge in [0.1, 0.15) is 12.4 Å². The molecule has 27 heavy (non-hydrogen) atoms. The van der Waals surface area contributed by atoms with Gasteiger partial charge in [-0.15, -0.1) is 0 Å². The summed E-state index contributed by atoms with van der Waals surface area (Å²) in [4.78, 5) is 12.0. The second-order valence-corrected chi connectivity index (χ2v) is 7.69. The van der Waals surface area contributed by atoms with E-state index in [1.54, 1.807) is 0 Å². The molecule has 0 fully saturated rings. The molecule has 1 amide bonds. The van der Waals surface area contributed by atoms with Gasteiger partial charge in [0.05, 0.1) is 17.2 Å². The predicted molar refractivity (Wildman–Crippen MR) is 89.6 cm³/mol. The summed E-state index contributed by atoms with van der Waals surface area (Å²) in [5, 5.41) is 2.26. The number of halogens is 4. The van der Waals surface area contributed by atoms with Crippen LogP contribution in [0.1, 0.15) is 15.9 Å². The molecule has 0 aliphatic carbocycles. The highest BCUT2D eigenvalue weighted by Crippen LogP contribution is 2.21. The molecule has 0 saturated carbocycles. The predicted octanol–water partition coefficient (Wildman–Crippen LogP) is 3.56. The minimum Gasteiger partial charge on any atom is -0.367 e. The summed E-state index contributed by atoms with van der Waals surface area (Å²) in [7, 11) is -3.58. The van der Waals surface area contributed by atoms with E-state index in [1.807, 2.05) is 0 Å². The molecule has 0 radical (unpaired) electrons. The molecule has 0 unspecified atom stereocenters. The number of carbonyl (C=O) groups is 1. The zero-order valence-electron chi connectivity index (χ0n) is 14.0. The number of sulfone groups is 1. The molecule has 1 N–H and O–H groups in total. The van der Waals surface area contributed by atoms with E-state index in [9.17, 15) is 30.8 Å². The highest BCUT2D eigenvalue weighted by Gasteiger charge is 2.27. The van der Waals surface area contributed by atoms with Gasteiger partial charge in [-0.1, -0.05) is 12.1 Å². The summed E-state index contributed by atoms with van der Waals surface area (Å²) in [6.45, 7) is -1.67. The fraction of sp³-hybridized carbons (Fsp3) is 0.235. The van der Waals surface area contributed by atoms with Crippen molar-refractivity contribution in [1.29, 1.82) is 0 Å². The van der Waals surface area contributed by atoms with Crippen LogP contribution in [0, 0.1) is 5.82 Å². The van der Waals surface area contributed by atoms with E-state index in [0.29, 0.717) is 5.56 Å². The summed E-state index contributed by atoms with van der Waals surface area (Å²) < 4.78 is 77.4. The average molecular weight is 405 g/mol. The molecule has 0 aliphatic heterocycles. The third-order valence-electron chi connectivity index (χ3n) is 3.36. The largest absolute Gasteiger partial charge is 0.411 e. The normalized spacial score (nSPS) is 12.0. The lowest BCUT2D eigenvalue weighted by Gasteiger charge is -2.10. The van der Waals surface area contributed by atoms with Gasteiger partial charge in [0, 0.05) is 11.8 Å². The van der Waals surface area contributed by atoms with Crippen LogP contribution in [0.5, 0.6) is 0 Å². The Bertz CT molecular complexity index is 925. The molecule has 2 rings (SSSR count). The monoisotopic (exact) mass is 405 g/mol. The Hall–Kier alpha value is -2.46. The Labute approximate surface area is 152 Å². The van der Waals surface area contributed by atoms with Crippen LogP contribution in [0.4, 0.5) is 23.2 Å². The van der Waals surface area contributed by atoms with Crippen molar-refractivity contribution in [2.24, 2.45) is 0 Å². The number of amides is 1. The van der Waals surface area contributed by atoms with Crippen LogP contribution in [0.2, 0.25) is 0 Å². The van der Waals surface area contributed by atoms with Gasteiger partial charge in [-0.05, 0) is 35.9 Å². The minimum atomic E-state index is -4.43. The fourth-order valence-corrected chi connectivity index (χ4v) is 2.71. The van der Waals surface area contributed by atoms with Gasteiger partial charge in [0.25, 0.3) is 5.91 Å². The molecule has 10 heteroatoms. The Balaban J connectivity index is 2.06. The van der Waals surface area contributed by atoms with E-state index in [-0.39, 0.29) is 22.8 Å². The Morgan fingerprint density at radius 2 is 1.74 bits per heavy atom. The third kappa shape index (κ3) is 6.33. The van der Waals surface area contributed by atoms with Crippen LogP contribution in [0.3, 0.4) is 0 Å². The topological polar surface area (TPSA) is 72.5 Å². The van der Waals surface area contributed by atoms with Gasteiger partial charge < -0.3 is 10.1 Å². The molecule has 0 atom stereocenters. The van der Waals surface area contributed by atoms with Crippen LogP contribution in [-0.4, -0.2) is 33.4 Å². The van der Waals surface area contributed by atoms with E-state index in [2.05, 4.69) is 10.1 Å². The second-order valence-electron chi connectivity index (χ2n) is 5.67. The van der Waals surface area contributed by atoms with Crippen LogP contribution in [-0.2, 0) is 21.2 Å². The van der Waals surface area contributed by atoms with Crippen molar-refractivity contribution in [3.05, 3.63) is 59.4 Å². The molecular formula is C17H15F4NO4S. The van der Waals surface area contributed by atoms with Gasteiger partial charge in [-0.2, -0.15) is 13.2 Å². The van der Waals surface area contributed by atoms with Crippen molar-refractivity contribution < 1.29 is 35.5 Å². The smallest absolute Gasteiger partial charge is 0.367 e. The first kappa shape index (κ1) is 20.8. The molecule has 2 aromatic carbocycles. The summed E-state index contributed by atoms with van der Waals surface area (Å²) in [5.74, 6) is -1.52. The van der Waals surface area contributed by atoms with Gasteiger partial charge >= 0.3 is 6.18 Å². The highest BCUT2D eigenvalue weighted by atomic mass is 32.2. The summed E-state index contributed by atoms with van der Waals surface area (Å²) >= 11 is 0. The molecule has 0 aliphatic rings. The van der Waals surface area contributed by atoms with E-state index in [4.69, 9.17) is 0 Å². The van der Waals surface area contributed by atoms with E-state index in [0.717, 1.165) is 24.5 Å². The molecule has 0 spiro atoms. The molecule has 0 heterocycles. The van der Waals surface area contributed by atoms with E-state index < -0.39 is 34.3 Å². The number of hydrogen-bond acceptors (Lipinski definition) is 4. The number of nitrogens with one attached hydrogen (secondary N) is 1. The Morgan fingerprint density at radius 1 is 1.11 bits per heavy atom. The summed E-state index contributed by atoms with van der Waals surface area (Å²) in [6, 6.07) is 8.47. The summed E-state index contributed by atoms with van der Waals surface area (Å²) in [6.07, 6.45) is -3.48. The first-order chi connectivity index (χ1) is 12.5. The number of ether oxygens (including phenoxy) is 1. The minimum absolute atomic E-state index is 0.110. The molecular weight excluding hydrogens is 390 g/mol. The molecule has 2 aromatic rings. The SMILES string of the molecule is CS(=O)(=O)c1ccc(F)c(NC(=O)c2ccc(COCC(F)(F)F)cc2)c1. The van der Waals surface area contributed by atoms with Gasteiger partial charge in [0.2, 0.25) is 0 Å². The lowest BCUT2D eigenvalue weighted by atomic mass is 10.1. The molecule has 0 saturated heterocycles. The second kappa shape index (κ2) is 8.05. The van der Waals surface area contributed by atoms with Crippen LogP contribution < -0.4 is 5.32 Å². The highest BCUT2D eigenvalue weighted by molar-refractivity contribution is 7.90. The third-order valence-corrected chi connectivity index (χ3v) is 4.47. The lowest BCUT2D eigenvalue weighted by molar-refractivity contribution is -0.176. The first-order valence-corrected chi connectivity index (χ1v) is 9.39. The maximum absolute atomic E-state index is 13.8. The van der Waals surface area contributed by atoms with Crippen molar-refractivity contribution in [3.8, 4) is 0 Å². The van der Waals surface area contributed by atoms with Crippen molar-refractivity contribution in [2.75, 3.05) is 18.2 Å². The Morgan fingerprint density at radius 3 is 2.30 bits per heavy atom. The maximum Gasteiger partial charge on any atom is 0.411 e. The Kier molecular flexibility index (Phi) is 6.22. The average Bonchev–Trinajstić information content (AvgIpc) is 2.55. The zero-order chi connectivity index (χ0) is 20.2. The van der Waals surface area contributed by atoms with E-state index in [1.165, 1.54) is 24.3 Å². The first-order valence-electron chi connectivity index (χ1n) is 7.50. The molecule has 0 aromatic heterocycles. The van der Waals surface area contributed by atoms with Crippen molar-refractivity contribution >= 4 is 21.4 Å². The molecule has 5 nitrogen and oxygen atoms in total. The van der Waals surface area contributed by atoms with Crippen LogP contribution in [0.15, 0.2) is 47.4 Å². The van der Waals surface area contributed by atoms with Crippen molar-refractivity contribution in [2.45, 2.75) is 17.7 Å². The zero-order valence-corrected chi connectivity index (χ0v) is 14.8. The molecule has 146 valence electrons. The fourth-order valence-electron chi connectivity index (χ4n) is 2.06. The maximum atomic E-state index is 13.8. The number of carbonyl (C=O) groups excluding carboxylic acids is 1. The standard InChI is InChI=1S/C17H15F4NO4S/c1-27(24,25)13-6-7-14(18)15(8-13)22-16(23)12-4-2-11(3-5-12)9-26-10-17(19,20)21/h2-8H,9-10H2,1H3,(H,22,23). The van der Waals surface area contributed by atoms with Crippen LogP contribution in [0.25, 0.3) is 0 Å². The number of rotatable bonds is 6. The number of benzene rings is 2.